The Morgan fingerprint density at radius 1 is 1.20 bits per heavy atom. The van der Waals surface area contributed by atoms with Gasteiger partial charge in [-0.25, -0.2) is 0 Å². The Hall–Kier alpha value is 0.270. The largest absolute Gasteiger partial charge is 0.692 e. The third-order valence-corrected chi connectivity index (χ3v) is 0.957. The summed E-state index contributed by atoms with van der Waals surface area (Å²) in [6.07, 6.45) is 2.78. The Bertz CT molecular complexity index is 77.0. The summed E-state index contributed by atoms with van der Waals surface area (Å²) in [5, 5.41) is 3.22. The van der Waals surface area contributed by atoms with E-state index in [1.165, 1.54) is 25.9 Å². The fraction of sp³-hybridized carbons (Fsp3) is 1.00. The molecule has 10 heavy (non-hydrogen) atoms. The van der Waals surface area contributed by atoms with E-state index in [0.29, 0.717) is 0 Å². The first-order chi connectivity index (χ1) is 4.23. The Labute approximate surface area is 67.0 Å². The maximum absolute atomic E-state index is 8.70. The van der Waals surface area contributed by atoms with Gasteiger partial charge in [-0.1, -0.05) is 0 Å². The summed E-state index contributed by atoms with van der Waals surface area (Å²) in [5.41, 5.74) is 0. The molecule has 0 spiro atoms. The van der Waals surface area contributed by atoms with Crippen LogP contribution in [0.1, 0.15) is 12.8 Å². The first kappa shape index (κ1) is 12.9. The first-order valence-corrected chi connectivity index (χ1v) is 3.95. The van der Waals surface area contributed by atoms with Gasteiger partial charge in [0.1, 0.15) is 0 Å². The van der Waals surface area contributed by atoms with Crippen LogP contribution in [0.3, 0.4) is 0 Å². The van der Waals surface area contributed by atoms with E-state index in [4.69, 9.17) is 14.4 Å². The summed E-state index contributed by atoms with van der Waals surface area (Å²) in [4.78, 5) is 14.2. The predicted molar refractivity (Wildman–Crippen MR) is 41.4 cm³/mol. The van der Waals surface area contributed by atoms with Crippen molar-refractivity contribution in [1.29, 1.82) is 0 Å². The molecule has 1 aliphatic rings. The second-order valence-electron chi connectivity index (χ2n) is 1.71. The quantitative estimate of drug-likeness (QED) is 0.482. The number of hydrogen-bond donors (Lipinski definition) is 3. The molecule has 6 heteroatoms. The number of halogens is 1. The van der Waals surface area contributed by atoms with Gasteiger partial charge in [-0.2, -0.15) is 0 Å². The average Bonchev–Trinajstić information content (AvgIpc) is 2.11. The van der Waals surface area contributed by atoms with Crippen LogP contribution in [0, 0.1) is 0 Å². The molecule has 62 valence electrons. The molecule has 0 aromatic carbocycles. The highest BCUT2D eigenvalue weighted by atomic mass is 35.5. The van der Waals surface area contributed by atoms with Crippen LogP contribution in [0.25, 0.3) is 0 Å². The molecule has 0 unspecified atom stereocenters. The molecule has 0 aromatic heterocycles. The second-order valence-corrected chi connectivity index (χ2v) is 2.22. The van der Waals surface area contributed by atoms with E-state index in [1.807, 2.05) is 0 Å². The van der Waals surface area contributed by atoms with Crippen LogP contribution in [-0.4, -0.2) is 22.9 Å². The van der Waals surface area contributed by atoms with Gasteiger partial charge in [0, 0.05) is 4.57 Å². The summed E-state index contributed by atoms with van der Waals surface area (Å²) in [5.74, 6) is 0. The zero-order chi connectivity index (χ0) is 7.11. The van der Waals surface area contributed by atoms with Crippen molar-refractivity contribution < 1.29 is 14.4 Å². The van der Waals surface area contributed by atoms with Crippen molar-refractivity contribution in [2.24, 2.45) is 0 Å². The zero-order valence-electron chi connectivity index (χ0n) is 5.49. The SMILES string of the molecule is C1CCNC1.Cl.O=[P+](O)O. The molecule has 0 radical (unpaired) electrons. The highest BCUT2D eigenvalue weighted by Gasteiger charge is 1.93. The van der Waals surface area contributed by atoms with Gasteiger partial charge in [0.15, 0.2) is 0 Å². The third kappa shape index (κ3) is 15.7. The lowest BCUT2D eigenvalue weighted by Crippen LogP contribution is -2.03. The molecule has 0 aromatic rings. The van der Waals surface area contributed by atoms with E-state index in [1.54, 1.807) is 0 Å². The van der Waals surface area contributed by atoms with Crippen molar-refractivity contribution in [3.05, 3.63) is 0 Å². The van der Waals surface area contributed by atoms with Crippen LogP contribution in [0.4, 0.5) is 0 Å². The van der Waals surface area contributed by atoms with E-state index in [9.17, 15) is 0 Å². The zero-order valence-corrected chi connectivity index (χ0v) is 7.20. The summed E-state index contributed by atoms with van der Waals surface area (Å²) in [6.45, 7) is 2.50. The Kier molecular flexibility index (Phi) is 12.0. The van der Waals surface area contributed by atoms with Crippen molar-refractivity contribution in [1.82, 2.24) is 5.32 Å². The number of hydrogen-bond acceptors (Lipinski definition) is 2. The molecule has 1 heterocycles. The number of nitrogens with one attached hydrogen (secondary N) is 1. The molecule has 4 nitrogen and oxygen atoms in total. The third-order valence-electron chi connectivity index (χ3n) is 0.957. The highest BCUT2D eigenvalue weighted by Crippen LogP contribution is 1.98. The molecule has 1 fully saturated rings. The molecule has 0 amide bonds. The van der Waals surface area contributed by atoms with Crippen LogP contribution in [0.2, 0.25) is 0 Å². The average molecular weight is 189 g/mol. The van der Waals surface area contributed by atoms with Gasteiger partial charge in [-0.15, -0.1) is 22.2 Å². The smallest absolute Gasteiger partial charge is 0.317 e. The van der Waals surface area contributed by atoms with Gasteiger partial charge in [-0.05, 0) is 25.9 Å². The van der Waals surface area contributed by atoms with E-state index in [2.05, 4.69) is 5.32 Å². The van der Waals surface area contributed by atoms with Crippen LogP contribution in [0.15, 0.2) is 0 Å². The van der Waals surface area contributed by atoms with Gasteiger partial charge in [-0.3, -0.25) is 0 Å². The van der Waals surface area contributed by atoms with Crippen molar-refractivity contribution in [2.75, 3.05) is 13.1 Å². The van der Waals surface area contributed by atoms with Crippen molar-refractivity contribution in [3.8, 4) is 0 Å². The normalized spacial score (nSPS) is 14.6. The topological polar surface area (TPSA) is 69.6 Å². The van der Waals surface area contributed by atoms with Crippen molar-refractivity contribution >= 4 is 20.7 Å². The lowest BCUT2D eigenvalue weighted by molar-refractivity contribution is 0.405. The standard InChI is InChI=1S/C4H9N.ClH.HO3P/c1-2-4-5-3-1;;1-4(2)3/h5H,1-4H2;1H;(H-,1,2,3)/p+1. The minimum Gasteiger partial charge on any atom is -0.317 e. The van der Waals surface area contributed by atoms with E-state index in [-0.39, 0.29) is 12.4 Å². The van der Waals surface area contributed by atoms with E-state index >= 15 is 0 Å². The molecule has 1 aliphatic heterocycles. The van der Waals surface area contributed by atoms with Crippen LogP contribution >= 0.6 is 20.7 Å². The molecule has 1 rings (SSSR count). The fourth-order valence-corrected chi connectivity index (χ4v) is 0.625. The maximum Gasteiger partial charge on any atom is 0.692 e. The molecule has 0 atom stereocenters. The molecular weight excluding hydrogens is 176 g/mol. The summed E-state index contributed by atoms with van der Waals surface area (Å²) in [7, 11) is -2.87. The Balaban J connectivity index is 0. The molecule has 0 bridgehead atoms. The monoisotopic (exact) mass is 188 g/mol. The first-order valence-electron chi connectivity index (χ1n) is 2.79. The minimum atomic E-state index is -2.87. The lowest BCUT2D eigenvalue weighted by Gasteiger charge is -1.76. The van der Waals surface area contributed by atoms with Crippen LogP contribution in [-0.2, 0) is 4.57 Å². The van der Waals surface area contributed by atoms with Crippen LogP contribution < -0.4 is 5.32 Å². The molecule has 0 aliphatic carbocycles. The molecule has 3 N–H and O–H groups in total. The molecular formula is C4H12ClNO3P+. The van der Waals surface area contributed by atoms with Gasteiger partial charge < -0.3 is 5.32 Å². The van der Waals surface area contributed by atoms with E-state index in [0.717, 1.165) is 0 Å². The lowest BCUT2D eigenvalue weighted by atomic mass is 10.4. The van der Waals surface area contributed by atoms with Gasteiger partial charge in [0.25, 0.3) is 0 Å². The maximum atomic E-state index is 8.70. The van der Waals surface area contributed by atoms with Gasteiger partial charge >= 0.3 is 8.25 Å². The second kappa shape index (κ2) is 9.27. The number of rotatable bonds is 0. The molecule has 1 saturated heterocycles. The summed E-state index contributed by atoms with van der Waals surface area (Å²) >= 11 is 0. The van der Waals surface area contributed by atoms with E-state index < -0.39 is 8.25 Å². The predicted octanol–water partition coefficient (Wildman–Crippen LogP) is 0.420. The summed E-state index contributed by atoms with van der Waals surface area (Å²) < 4.78 is 8.70. The van der Waals surface area contributed by atoms with Crippen LogP contribution in [0.5, 0.6) is 0 Å². The Morgan fingerprint density at radius 2 is 1.50 bits per heavy atom. The highest BCUT2D eigenvalue weighted by molar-refractivity contribution is 7.30. The fourth-order valence-electron chi connectivity index (χ4n) is 0.625. The Morgan fingerprint density at radius 3 is 1.60 bits per heavy atom. The van der Waals surface area contributed by atoms with Gasteiger partial charge in [0.05, 0.1) is 0 Å². The van der Waals surface area contributed by atoms with Gasteiger partial charge in [0.2, 0.25) is 0 Å². The molecule has 0 saturated carbocycles. The minimum absolute atomic E-state index is 0. The van der Waals surface area contributed by atoms with Crippen molar-refractivity contribution in [2.45, 2.75) is 12.8 Å². The summed E-state index contributed by atoms with van der Waals surface area (Å²) in [6, 6.07) is 0. The van der Waals surface area contributed by atoms with Crippen molar-refractivity contribution in [3.63, 3.8) is 0 Å².